The molecule has 132 valence electrons. The van der Waals surface area contributed by atoms with Gasteiger partial charge in [-0.3, -0.25) is 4.79 Å². The molecule has 1 aromatic rings. The second-order valence-electron chi connectivity index (χ2n) is 7.81. The molecule has 1 saturated carbocycles. The van der Waals surface area contributed by atoms with Gasteiger partial charge in [-0.25, -0.2) is 4.79 Å². The standard InChI is InChI=1S/C19H20O6/c1-10-7-19(22)15-12(16(20)25-19)3-2-4-13(15)18(10)8-14(24-17(18)21)11-5-6-23-9-11/h5-6,9-10,13-14,22H,2-4,7-8H2,1H3/t10-,13+,14+,18-,19-/m1/s1. The molecule has 2 fully saturated rings. The lowest BCUT2D eigenvalue weighted by Crippen LogP contribution is -2.54. The topological polar surface area (TPSA) is 86.0 Å². The number of carbonyl (C=O) groups is 2. The van der Waals surface area contributed by atoms with Crippen LogP contribution in [-0.2, 0) is 19.1 Å². The van der Waals surface area contributed by atoms with Crippen LogP contribution < -0.4 is 0 Å². The van der Waals surface area contributed by atoms with Crippen LogP contribution in [0.1, 0.15) is 50.7 Å². The molecule has 5 atom stereocenters. The molecule has 0 bridgehead atoms. The highest BCUT2D eigenvalue weighted by Crippen LogP contribution is 2.64. The van der Waals surface area contributed by atoms with E-state index in [1.165, 1.54) is 0 Å². The maximum atomic E-state index is 13.1. The summed E-state index contributed by atoms with van der Waals surface area (Å²) in [5.41, 5.74) is 1.35. The highest BCUT2D eigenvalue weighted by Gasteiger charge is 2.68. The fourth-order valence-corrected chi connectivity index (χ4v) is 5.57. The molecular weight excluding hydrogens is 324 g/mol. The molecule has 0 aromatic carbocycles. The molecule has 0 unspecified atom stereocenters. The van der Waals surface area contributed by atoms with Gasteiger partial charge >= 0.3 is 11.9 Å². The van der Waals surface area contributed by atoms with E-state index < -0.39 is 17.2 Å². The van der Waals surface area contributed by atoms with Crippen LogP contribution in [0.2, 0.25) is 0 Å². The van der Waals surface area contributed by atoms with Crippen LogP contribution in [0.5, 0.6) is 0 Å². The Labute approximate surface area is 144 Å². The third-order valence-corrected chi connectivity index (χ3v) is 6.67. The van der Waals surface area contributed by atoms with Crippen LogP contribution in [0.3, 0.4) is 0 Å². The maximum absolute atomic E-state index is 13.1. The van der Waals surface area contributed by atoms with Crippen LogP contribution in [0.4, 0.5) is 0 Å². The maximum Gasteiger partial charge on any atom is 0.336 e. The van der Waals surface area contributed by atoms with Gasteiger partial charge < -0.3 is 19.0 Å². The van der Waals surface area contributed by atoms with Crippen molar-refractivity contribution < 1.29 is 28.6 Å². The van der Waals surface area contributed by atoms with Crippen molar-refractivity contribution in [1.82, 2.24) is 0 Å². The first-order valence-electron chi connectivity index (χ1n) is 8.88. The number of hydrogen-bond acceptors (Lipinski definition) is 6. The molecule has 2 aliphatic carbocycles. The number of cyclic esters (lactones) is 1. The first-order chi connectivity index (χ1) is 12.0. The van der Waals surface area contributed by atoms with Crippen LogP contribution in [-0.4, -0.2) is 22.8 Å². The van der Waals surface area contributed by atoms with E-state index in [0.29, 0.717) is 24.0 Å². The number of hydrogen-bond donors (Lipinski definition) is 1. The summed E-state index contributed by atoms with van der Waals surface area (Å²) in [7, 11) is 0. The Kier molecular flexibility index (Phi) is 2.89. The molecule has 1 spiro atoms. The van der Waals surface area contributed by atoms with Crippen molar-refractivity contribution in [2.24, 2.45) is 17.3 Å². The monoisotopic (exact) mass is 344 g/mol. The van der Waals surface area contributed by atoms with Gasteiger partial charge in [-0.1, -0.05) is 6.92 Å². The van der Waals surface area contributed by atoms with Crippen molar-refractivity contribution >= 4 is 11.9 Å². The van der Waals surface area contributed by atoms with E-state index in [1.807, 2.05) is 13.0 Å². The first-order valence-corrected chi connectivity index (χ1v) is 8.88. The average Bonchev–Trinajstić information content (AvgIpc) is 3.25. The highest BCUT2D eigenvalue weighted by atomic mass is 16.7. The number of fused-ring (bicyclic) bond motifs is 1. The fourth-order valence-electron chi connectivity index (χ4n) is 5.57. The van der Waals surface area contributed by atoms with Crippen molar-refractivity contribution in [3.05, 3.63) is 35.3 Å². The van der Waals surface area contributed by atoms with Gasteiger partial charge in [-0.15, -0.1) is 0 Å². The molecule has 5 rings (SSSR count). The highest BCUT2D eigenvalue weighted by molar-refractivity contribution is 5.94. The lowest BCUT2D eigenvalue weighted by molar-refractivity contribution is -0.205. The Morgan fingerprint density at radius 1 is 1.28 bits per heavy atom. The zero-order chi connectivity index (χ0) is 17.4. The van der Waals surface area contributed by atoms with Crippen molar-refractivity contribution in [3.63, 3.8) is 0 Å². The van der Waals surface area contributed by atoms with Crippen molar-refractivity contribution in [2.45, 2.75) is 50.9 Å². The second-order valence-corrected chi connectivity index (χ2v) is 7.81. The van der Waals surface area contributed by atoms with Gasteiger partial charge in [-0.05, 0) is 31.2 Å². The molecule has 1 saturated heterocycles. The van der Waals surface area contributed by atoms with Crippen LogP contribution in [0, 0.1) is 17.3 Å². The molecule has 0 radical (unpaired) electrons. The van der Waals surface area contributed by atoms with Gasteiger partial charge in [0.1, 0.15) is 6.10 Å². The normalized spacial score (nSPS) is 42.6. The molecule has 6 nitrogen and oxygen atoms in total. The summed E-state index contributed by atoms with van der Waals surface area (Å²) in [6.07, 6.45) is 5.79. The Morgan fingerprint density at radius 2 is 2.12 bits per heavy atom. The number of esters is 2. The van der Waals surface area contributed by atoms with Gasteiger partial charge in [-0.2, -0.15) is 0 Å². The van der Waals surface area contributed by atoms with Gasteiger partial charge in [0, 0.05) is 35.5 Å². The van der Waals surface area contributed by atoms with Crippen molar-refractivity contribution in [2.75, 3.05) is 0 Å². The number of furan rings is 1. The third-order valence-electron chi connectivity index (χ3n) is 6.67. The Morgan fingerprint density at radius 3 is 2.88 bits per heavy atom. The SMILES string of the molecule is C[C@@H]1C[C@@]2(O)OC(=O)C3=C2[C@H](CCC3)[C@@]12C[C@@H](c1ccoc1)OC2=O. The van der Waals surface area contributed by atoms with E-state index in [0.717, 1.165) is 18.4 Å². The molecule has 3 heterocycles. The van der Waals surface area contributed by atoms with Gasteiger partial charge in [0.15, 0.2) is 0 Å². The summed E-state index contributed by atoms with van der Waals surface area (Å²) in [4.78, 5) is 25.3. The minimum Gasteiger partial charge on any atom is -0.472 e. The Hall–Kier alpha value is -2.08. The Balaban J connectivity index is 1.62. The zero-order valence-corrected chi connectivity index (χ0v) is 14.0. The lowest BCUT2D eigenvalue weighted by atomic mass is 9.53. The van der Waals surface area contributed by atoms with E-state index in [4.69, 9.17) is 13.9 Å². The molecule has 25 heavy (non-hydrogen) atoms. The summed E-state index contributed by atoms with van der Waals surface area (Å²) in [6, 6.07) is 1.81. The number of aliphatic hydroxyl groups is 1. The average molecular weight is 344 g/mol. The summed E-state index contributed by atoms with van der Waals surface area (Å²) in [5, 5.41) is 11.0. The van der Waals surface area contributed by atoms with Crippen molar-refractivity contribution in [1.29, 1.82) is 0 Å². The molecule has 6 heteroatoms. The van der Waals surface area contributed by atoms with E-state index in [1.54, 1.807) is 12.5 Å². The van der Waals surface area contributed by atoms with E-state index in [-0.39, 0.29) is 30.3 Å². The predicted molar refractivity (Wildman–Crippen MR) is 83.8 cm³/mol. The minimum atomic E-state index is -1.55. The second kappa shape index (κ2) is 4.75. The third kappa shape index (κ3) is 1.78. The Bertz CT molecular complexity index is 793. The van der Waals surface area contributed by atoms with Crippen LogP contribution in [0.25, 0.3) is 0 Å². The summed E-state index contributed by atoms with van der Waals surface area (Å²) in [6.45, 7) is 1.95. The van der Waals surface area contributed by atoms with Gasteiger partial charge in [0.2, 0.25) is 5.79 Å². The predicted octanol–water partition coefficient (Wildman–Crippen LogP) is 2.64. The summed E-state index contributed by atoms with van der Waals surface area (Å²) >= 11 is 0. The first kappa shape index (κ1) is 15.2. The minimum absolute atomic E-state index is 0.152. The quantitative estimate of drug-likeness (QED) is 0.788. The van der Waals surface area contributed by atoms with Gasteiger partial charge in [0.05, 0.1) is 17.9 Å². The zero-order valence-electron chi connectivity index (χ0n) is 14.0. The smallest absolute Gasteiger partial charge is 0.336 e. The van der Waals surface area contributed by atoms with Gasteiger partial charge in [0.25, 0.3) is 0 Å². The molecular formula is C19H20O6. The number of rotatable bonds is 1. The largest absolute Gasteiger partial charge is 0.472 e. The molecule has 1 aromatic heterocycles. The summed E-state index contributed by atoms with van der Waals surface area (Å²) < 4.78 is 16.2. The summed E-state index contributed by atoms with van der Waals surface area (Å²) in [5.74, 6) is -2.56. The van der Waals surface area contributed by atoms with E-state index in [2.05, 4.69) is 0 Å². The number of ether oxygens (including phenoxy) is 2. The van der Waals surface area contributed by atoms with Crippen molar-refractivity contribution in [3.8, 4) is 0 Å². The van der Waals surface area contributed by atoms with Crippen LogP contribution >= 0.6 is 0 Å². The number of carbonyl (C=O) groups excluding carboxylic acids is 2. The van der Waals surface area contributed by atoms with E-state index in [9.17, 15) is 14.7 Å². The molecule has 1 N–H and O–H groups in total. The van der Waals surface area contributed by atoms with E-state index >= 15 is 0 Å². The molecule has 0 amide bonds. The lowest BCUT2D eigenvalue weighted by Gasteiger charge is -2.49. The fraction of sp³-hybridized carbons (Fsp3) is 0.579. The molecule has 2 aliphatic heterocycles. The van der Waals surface area contributed by atoms with Crippen LogP contribution in [0.15, 0.2) is 34.2 Å². The molecule has 4 aliphatic rings.